The van der Waals surface area contributed by atoms with Crippen LogP contribution >= 0.6 is 0 Å². The molecule has 0 aliphatic heterocycles. The minimum absolute atomic E-state index is 0.364. The highest BCUT2D eigenvalue weighted by atomic mass is 16.5. The number of nitrogens with one attached hydrogen (secondary N) is 1. The number of rotatable bonds is 5. The van der Waals surface area contributed by atoms with Crippen LogP contribution in [0.15, 0.2) is 4.52 Å². The van der Waals surface area contributed by atoms with Crippen LogP contribution < -0.4 is 5.32 Å². The van der Waals surface area contributed by atoms with E-state index in [1.165, 1.54) is 0 Å². The first kappa shape index (κ1) is 11.1. The molecule has 1 N–H and O–H groups in total. The Morgan fingerprint density at radius 3 is 2.79 bits per heavy atom. The van der Waals surface area contributed by atoms with Crippen molar-refractivity contribution in [2.24, 2.45) is 0 Å². The Hall–Kier alpha value is -0.940. The van der Waals surface area contributed by atoms with Gasteiger partial charge in [-0.15, -0.1) is 0 Å². The van der Waals surface area contributed by atoms with E-state index in [1.54, 1.807) is 0 Å². The van der Waals surface area contributed by atoms with Gasteiger partial charge in [0.1, 0.15) is 0 Å². The predicted molar refractivity (Wildman–Crippen MR) is 53.9 cm³/mol. The van der Waals surface area contributed by atoms with E-state index >= 15 is 0 Å². The Morgan fingerprint density at radius 2 is 2.21 bits per heavy atom. The minimum atomic E-state index is 0.364. The number of hydrogen-bond acceptors (Lipinski definition) is 5. The maximum absolute atomic E-state index is 5.11. The van der Waals surface area contributed by atoms with Gasteiger partial charge >= 0.3 is 0 Å². The van der Waals surface area contributed by atoms with E-state index in [0.29, 0.717) is 11.9 Å². The molecule has 0 fully saturated rings. The van der Waals surface area contributed by atoms with Crippen LogP contribution in [0.2, 0.25) is 0 Å². The summed E-state index contributed by atoms with van der Waals surface area (Å²) in [5, 5.41) is 7.01. The summed E-state index contributed by atoms with van der Waals surface area (Å²) in [6.07, 6.45) is 0.775. The molecule has 1 aromatic heterocycles. The van der Waals surface area contributed by atoms with Gasteiger partial charge in [-0.2, -0.15) is 4.98 Å². The predicted octanol–water partition coefficient (Wildman–Crippen LogP) is 0.282. The summed E-state index contributed by atoms with van der Waals surface area (Å²) in [6.45, 7) is 2.80. The summed E-state index contributed by atoms with van der Waals surface area (Å²) in [5.41, 5.74) is 0. The molecule has 1 aromatic rings. The number of likely N-dealkylation sites (N-methyl/N-ethyl adjacent to an activating group) is 1. The smallest absolute Gasteiger partial charge is 0.228 e. The normalized spacial score (nSPS) is 13.5. The molecule has 0 spiro atoms. The second-order valence-corrected chi connectivity index (χ2v) is 3.74. The van der Waals surface area contributed by atoms with Gasteiger partial charge < -0.3 is 14.7 Å². The highest BCUT2D eigenvalue weighted by Crippen LogP contribution is 2.02. The standard InChI is InChI=1S/C9H18N4O/c1-7(10-2)5-9-11-8(12-14-9)6-13(3)4/h7,10H,5-6H2,1-4H3. The van der Waals surface area contributed by atoms with Gasteiger partial charge in [-0.25, -0.2) is 0 Å². The van der Waals surface area contributed by atoms with Crippen LogP contribution in [0.5, 0.6) is 0 Å². The Morgan fingerprint density at radius 1 is 1.50 bits per heavy atom. The van der Waals surface area contributed by atoms with E-state index < -0.39 is 0 Å². The van der Waals surface area contributed by atoms with Crippen molar-refractivity contribution in [3.63, 3.8) is 0 Å². The Bertz CT molecular complexity index is 272. The third-order valence-corrected chi connectivity index (χ3v) is 1.94. The maximum atomic E-state index is 5.11. The van der Waals surface area contributed by atoms with Crippen molar-refractivity contribution in [1.29, 1.82) is 0 Å². The molecule has 1 heterocycles. The van der Waals surface area contributed by atoms with Crippen LogP contribution in [0.4, 0.5) is 0 Å². The van der Waals surface area contributed by atoms with Crippen molar-refractivity contribution >= 4 is 0 Å². The van der Waals surface area contributed by atoms with Crippen LogP contribution in [0.25, 0.3) is 0 Å². The SMILES string of the molecule is CNC(C)Cc1nc(CN(C)C)no1. The van der Waals surface area contributed by atoms with Gasteiger partial charge in [0, 0.05) is 12.5 Å². The third kappa shape index (κ3) is 3.43. The van der Waals surface area contributed by atoms with Gasteiger partial charge in [0.2, 0.25) is 5.89 Å². The molecule has 0 saturated heterocycles. The fourth-order valence-corrected chi connectivity index (χ4v) is 1.08. The molecule has 0 aliphatic carbocycles. The van der Waals surface area contributed by atoms with E-state index in [9.17, 15) is 0 Å². The van der Waals surface area contributed by atoms with E-state index in [1.807, 2.05) is 26.0 Å². The number of nitrogens with zero attached hydrogens (tertiary/aromatic N) is 3. The van der Waals surface area contributed by atoms with Gasteiger partial charge in [0.05, 0.1) is 6.54 Å². The summed E-state index contributed by atoms with van der Waals surface area (Å²) in [4.78, 5) is 6.29. The molecule has 0 aliphatic rings. The topological polar surface area (TPSA) is 54.2 Å². The minimum Gasteiger partial charge on any atom is -0.339 e. The molecule has 0 saturated carbocycles. The molecule has 1 atom stereocenters. The molecule has 0 amide bonds. The van der Waals surface area contributed by atoms with Crippen molar-refractivity contribution < 1.29 is 4.52 Å². The molecule has 14 heavy (non-hydrogen) atoms. The fraction of sp³-hybridized carbons (Fsp3) is 0.778. The van der Waals surface area contributed by atoms with Crippen molar-refractivity contribution in [1.82, 2.24) is 20.4 Å². The average molecular weight is 198 g/mol. The van der Waals surface area contributed by atoms with Crippen LogP contribution in [0.3, 0.4) is 0 Å². The van der Waals surface area contributed by atoms with Crippen molar-refractivity contribution in [2.75, 3.05) is 21.1 Å². The van der Waals surface area contributed by atoms with Gasteiger partial charge in [-0.05, 0) is 28.1 Å². The van der Waals surface area contributed by atoms with Crippen molar-refractivity contribution in [2.45, 2.75) is 25.9 Å². The van der Waals surface area contributed by atoms with E-state index in [-0.39, 0.29) is 0 Å². The summed E-state index contributed by atoms with van der Waals surface area (Å²) in [6, 6.07) is 0.364. The highest BCUT2D eigenvalue weighted by Gasteiger charge is 2.09. The zero-order valence-electron chi connectivity index (χ0n) is 9.24. The first-order chi connectivity index (χ1) is 6.61. The molecule has 5 nitrogen and oxygen atoms in total. The number of aromatic nitrogens is 2. The molecule has 1 unspecified atom stereocenters. The highest BCUT2D eigenvalue weighted by molar-refractivity contribution is 4.88. The summed E-state index contributed by atoms with van der Waals surface area (Å²) in [5.74, 6) is 1.44. The molecule has 1 rings (SSSR count). The van der Waals surface area contributed by atoms with E-state index in [0.717, 1.165) is 18.8 Å². The second kappa shape index (κ2) is 5.07. The lowest BCUT2D eigenvalue weighted by atomic mass is 10.2. The third-order valence-electron chi connectivity index (χ3n) is 1.94. The summed E-state index contributed by atoms with van der Waals surface area (Å²) < 4.78 is 5.11. The van der Waals surface area contributed by atoms with E-state index in [2.05, 4.69) is 22.4 Å². The molecule has 0 aromatic carbocycles. The molecule has 5 heteroatoms. The molecular formula is C9H18N4O. The monoisotopic (exact) mass is 198 g/mol. The van der Waals surface area contributed by atoms with Gasteiger partial charge in [0.15, 0.2) is 5.82 Å². The fourth-order valence-electron chi connectivity index (χ4n) is 1.08. The first-order valence-corrected chi connectivity index (χ1v) is 4.75. The lowest BCUT2D eigenvalue weighted by Gasteiger charge is -2.05. The summed E-state index contributed by atoms with van der Waals surface area (Å²) in [7, 11) is 5.88. The van der Waals surface area contributed by atoms with Crippen LogP contribution in [-0.2, 0) is 13.0 Å². The quantitative estimate of drug-likeness (QED) is 0.736. The molecular weight excluding hydrogens is 180 g/mol. The molecule has 0 bridgehead atoms. The number of hydrogen-bond donors (Lipinski definition) is 1. The first-order valence-electron chi connectivity index (χ1n) is 4.75. The van der Waals surface area contributed by atoms with Gasteiger partial charge in [-0.3, -0.25) is 0 Å². The molecule has 80 valence electrons. The largest absolute Gasteiger partial charge is 0.339 e. The van der Waals surface area contributed by atoms with Crippen LogP contribution in [-0.4, -0.2) is 42.2 Å². The van der Waals surface area contributed by atoms with Gasteiger partial charge in [-0.1, -0.05) is 5.16 Å². The Balaban J connectivity index is 2.50. The van der Waals surface area contributed by atoms with Crippen molar-refractivity contribution in [3.8, 4) is 0 Å². The maximum Gasteiger partial charge on any atom is 0.228 e. The van der Waals surface area contributed by atoms with Crippen LogP contribution in [0, 0.1) is 0 Å². The van der Waals surface area contributed by atoms with Crippen LogP contribution in [0.1, 0.15) is 18.6 Å². The van der Waals surface area contributed by atoms with Gasteiger partial charge in [0.25, 0.3) is 0 Å². The lowest BCUT2D eigenvalue weighted by molar-refractivity contribution is 0.343. The summed E-state index contributed by atoms with van der Waals surface area (Å²) >= 11 is 0. The zero-order valence-corrected chi connectivity index (χ0v) is 9.24. The lowest BCUT2D eigenvalue weighted by Crippen LogP contribution is -2.23. The molecule has 0 radical (unpaired) electrons. The Labute approximate surface area is 84.5 Å². The van der Waals surface area contributed by atoms with Crippen molar-refractivity contribution in [3.05, 3.63) is 11.7 Å². The zero-order chi connectivity index (χ0) is 10.6. The average Bonchev–Trinajstić information content (AvgIpc) is 2.51. The Kier molecular flexibility index (Phi) is 4.03. The van der Waals surface area contributed by atoms with E-state index in [4.69, 9.17) is 4.52 Å². The second-order valence-electron chi connectivity index (χ2n) is 3.74.